The number of primary amides is 2. The molecule has 0 saturated heterocycles. The van der Waals surface area contributed by atoms with Crippen molar-refractivity contribution in [3.63, 3.8) is 0 Å². The second kappa shape index (κ2) is 19.8. The molecule has 0 spiro atoms. The van der Waals surface area contributed by atoms with E-state index in [0.717, 1.165) is 37.7 Å². The van der Waals surface area contributed by atoms with Gasteiger partial charge in [0.05, 0.1) is 0 Å². The summed E-state index contributed by atoms with van der Waals surface area (Å²) in [6, 6.07) is -0.985. The maximum atomic E-state index is 10.4. The summed E-state index contributed by atoms with van der Waals surface area (Å²) in [6.45, 7) is 4.34. The number of thioether (sulfide) groups is 1. The fraction of sp³-hybridized carbons (Fsp3) is 0.800. The maximum Gasteiger partial charge on any atom is 0.312 e. The van der Waals surface area contributed by atoms with Crippen molar-refractivity contribution in [2.45, 2.75) is 0 Å². The molecule has 0 radical (unpaired) electrons. The molecule has 0 unspecified atom stereocenters. The number of carbonyl (C=O) groups excluding carboxylic acids is 2. The average molecular weight is 454 g/mol. The topological polar surface area (TPSA) is 134 Å². The zero-order valence-electron chi connectivity index (χ0n) is 11.9. The van der Waals surface area contributed by atoms with Crippen LogP contribution in [-0.4, -0.2) is 62.8 Å². The molecular formula is C10H26Br2N6O2S. The third-order valence-corrected chi connectivity index (χ3v) is 3.03. The van der Waals surface area contributed by atoms with Crippen molar-refractivity contribution in [2.24, 2.45) is 11.5 Å². The summed E-state index contributed by atoms with van der Waals surface area (Å²) in [5.74, 6) is 2.02. The highest BCUT2D eigenvalue weighted by Crippen LogP contribution is 1.95. The first-order chi connectivity index (χ1) is 9.13. The zero-order chi connectivity index (χ0) is 14.3. The van der Waals surface area contributed by atoms with Gasteiger partial charge < -0.3 is 32.7 Å². The summed E-state index contributed by atoms with van der Waals surface area (Å²) < 4.78 is 0. The molecule has 0 rings (SSSR count). The van der Waals surface area contributed by atoms with Crippen molar-refractivity contribution < 1.29 is 9.59 Å². The molecule has 0 fully saturated rings. The Morgan fingerprint density at radius 1 is 0.714 bits per heavy atom. The molecule has 0 aliphatic heterocycles. The molecule has 0 bridgehead atoms. The van der Waals surface area contributed by atoms with Gasteiger partial charge in [-0.2, -0.15) is 11.8 Å². The zero-order valence-corrected chi connectivity index (χ0v) is 16.1. The second-order valence-corrected chi connectivity index (χ2v) is 4.92. The molecule has 8 N–H and O–H groups in total. The Labute approximate surface area is 150 Å². The van der Waals surface area contributed by atoms with E-state index in [9.17, 15) is 9.59 Å². The van der Waals surface area contributed by atoms with Gasteiger partial charge in [0.2, 0.25) is 0 Å². The van der Waals surface area contributed by atoms with Gasteiger partial charge in [0, 0.05) is 50.8 Å². The van der Waals surface area contributed by atoms with Gasteiger partial charge in [-0.05, 0) is 0 Å². The molecule has 0 saturated carbocycles. The number of urea groups is 2. The lowest BCUT2D eigenvalue weighted by molar-refractivity contribution is 0.248. The van der Waals surface area contributed by atoms with Gasteiger partial charge in [-0.3, -0.25) is 0 Å². The number of nitrogens with two attached hydrogens (primary N) is 2. The SMILES string of the molecule is Br.Br.NC(=O)NCCNCCSCCNCCNC(N)=O. The third kappa shape index (κ3) is 25.1. The van der Waals surface area contributed by atoms with Crippen molar-refractivity contribution in [2.75, 3.05) is 50.8 Å². The van der Waals surface area contributed by atoms with Crippen LogP contribution in [0.15, 0.2) is 0 Å². The molecule has 8 nitrogen and oxygen atoms in total. The predicted octanol–water partition coefficient (Wildman–Crippen LogP) is -0.609. The van der Waals surface area contributed by atoms with E-state index in [4.69, 9.17) is 11.5 Å². The highest BCUT2D eigenvalue weighted by molar-refractivity contribution is 8.93. The van der Waals surface area contributed by atoms with Crippen LogP contribution in [0, 0.1) is 0 Å². The molecule has 0 heterocycles. The molecule has 0 aliphatic carbocycles. The van der Waals surface area contributed by atoms with E-state index < -0.39 is 12.1 Å². The minimum Gasteiger partial charge on any atom is -0.352 e. The monoisotopic (exact) mass is 452 g/mol. The molecule has 11 heteroatoms. The molecule has 4 amide bonds. The summed E-state index contributed by atoms with van der Waals surface area (Å²) in [7, 11) is 0. The second-order valence-electron chi connectivity index (χ2n) is 3.69. The van der Waals surface area contributed by atoms with Crippen LogP contribution in [-0.2, 0) is 0 Å². The van der Waals surface area contributed by atoms with Crippen molar-refractivity contribution in [3.8, 4) is 0 Å². The van der Waals surface area contributed by atoms with E-state index in [1.165, 1.54) is 0 Å². The fourth-order valence-electron chi connectivity index (χ4n) is 1.19. The minimum absolute atomic E-state index is 0. The molecule has 0 aromatic heterocycles. The van der Waals surface area contributed by atoms with E-state index >= 15 is 0 Å². The normalized spacial score (nSPS) is 9.14. The van der Waals surface area contributed by atoms with Crippen LogP contribution in [0.4, 0.5) is 9.59 Å². The van der Waals surface area contributed by atoms with Crippen molar-refractivity contribution >= 4 is 57.8 Å². The van der Waals surface area contributed by atoms with E-state index in [1.54, 1.807) is 0 Å². The Balaban J connectivity index is -0.00000162. The number of amides is 4. The van der Waals surface area contributed by atoms with Crippen LogP contribution >= 0.6 is 45.7 Å². The number of carbonyl (C=O) groups is 2. The maximum absolute atomic E-state index is 10.4. The Kier molecular flexibility index (Phi) is 24.2. The molecule has 0 aliphatic rings. The summed E-state index contributed by atoms with van der Waals surface area (Å²) in [4.78, 5) is 20.7. The van der Waals surface area contributed by atoms with Crippen LogP contribution in [0.5, 0.6) is 0 Å². The standard InChI is InChI=1S/C10H24N6O2S.2BrH/c11-9(17)15-3-1-13-5-7-19-8-6-14-2-4-16-10(12)18;;/h13-14H,1-8H2,(H3,11,15,17)(H3,12,16,18);2*1H. The number of rotatable bonds is 12. The van der Waals surface area contributed by atoms with Crippen LogP contribution < -0.4 is 32.7 Å². The first-order valence-electron chi connectivity index (χ1n) is 6.18. The van der Waals surface area contributed by atoms with Crippen molar-refractivity contribution in [1.29, 1.82) is 0 Å². The van der Waals surface area contributed by atoms with Crippen molar-refractivity contribution in [1.82, 2.24) is 21.3 Å². The van der Waals surface area contributed by atoms with Gasteiger partial charge in [0.1, 0.15) is 0 Å². The summed E-state index contributed by atoms with van der Waals surface area (Å²) >= 11 is 1.83. The fourth-order valence-corrected chi connectivity index (χ4v) is 1.97. The highest BCUT2D eigenvalue weighted by Gasteiger charge is 1.93. The van der Waals surface area contributed by atoms with Crippen LogP contribution in [0.3, 0.4) is 0 Å². The van der Waals surface area contributed by atoms with Gasteiger partial charge in [-0.15, -0.1) is 34.0 Å². The Morgan fingerprint density at radius 3 is 1.43 bits per heavy atom. The van der Waals surface area contributed by atoms with Gasteiger partial charge in [-0.1, -0.05) is 0 Å². The lowest BCUT2D eigenvalue weighted by Gasteiger charge is -2.06. The van der Waals surface area contributed by atoms with Crippen molar-refractivity contribution in [3.05, 3.63) is 0 Å². The van der Waals surface area contributed by atoms with E-state index in [2.05, 4.69) is 21.3 Å². The quantitative estimate of drug-likeness (QED) is 0.219. The van der Waals surface area contributed by atoms with Crippen LogP contribution in [0.1, 0.15) is 0 Å². The van der Waals surface area contributed by atoms with Gasteiger partial charge in [-0.25, -0.2) is 9.59 Å². The average Bonchev–Trinajstić information content (AvgIpc) is 2.34. The first-order valence-corrected chi connectivity index (χ1v) is 7.34. The van der Waals surface area contributed by atoms with E-state index in [-0.39, 0.29) is 34.0 Å². The van der Waals surface area contributed by atoms with Gasteiger partial charge in [0.25, 0.3) is 0 Å². The van der Waals surface area contributed by atoms with Gasteiger partial charge >= 0.3 is 12.1 Å². The summed E-state index contributed by atoms with van der Waals surface area (Å²) in [6.07, 6.45) is 0. The first kappa shape index (κ1) is 25.7. The van der Waals surface area contributed by atoms with Gasteiger partial charge in [0.15, 0.2) is 0 Å². The molecule has 21 heavy (non-hydrogen) atoms. The molecule has 0 atom stereocenters. The molecule has 0 aromatic rings. The third-order valence-electron chi connectivity index (χ3n) is 2.05. The van der Waals surface area contributed by atoms with Crippen LogP contribution in [0.25, 0.3) is 0 Å². The largest absolute Gasteiger partial charge is 0.352 e. The molecular weight excluding hydrogens is 428 g/mol. The number of nitrogens with one attached hydrogen (secondary N) is 4. The smallest absolute Gasteiger partial charge is 0.312 e. The molecule has 0 aromatic carbocycles. The summed E-state index contributed by atoms with van der Waals surface area (Å²) in [5, 5.41) is 11.4. The molecule has 128 valence electrons. The number of halogens is 2. The van der Waals surface area contributed by atoms with E-state index in [0.29, 0.717) is 13.1 Å². The Bertz CT molecular complexity index is 240. The summed E-state index contributed by atoms with van der Waals surface area (Å²) in [5.41, 5.74) is 9.84. The Morgan fingerprint density at radius 2 is 1.10 bits per heavy atom. The lowest BCUT2D eigenvalue weighted by atomic mass is 10.6. The lowest BCUT2D eigenvalue weighted by Crippen LogP contribution is -2.36. The Hall–Kier alpha value is -0.230. The number of hydrogen-bond acceptors (Lipinski definition) is 5. The van der Waals surface area contributed by atoms with Crippen LogP contribution in [0.2, 0.25) is 0 Å². The predicted molar refractivity (Wildman–Crippen MR) is 98.9 cm³/mol. The van der Waals surface area contributed by atoms with E-state index in [1.807, 2.05) is 11.8 Å². The number of hydrogen-bond donors (Lipinski definition) is 6. The minimum atomic E-state index is -0.493. The highest BCUT2D eigenvalue weighted by atomic mass is 79.9.